The first-order valence-electron chi connectivity index (χ1n) is 13.8. The highest BCUT2D eigenvalue weighted by Gasteiger charge is 2.16. The third-order valence-corrected chi connectivity index (χ3v) is 7.55. The maximum absolute atomic E-state index is 5.02. The van der Waals surface area contributed by atoms with Crippen LogP contribution in [0.4, 0.5) is 0 Å². The highest BCUT2D eigenvalue weighted by Crippen LogP contribution is 2.37. The van der Waals surface area contributed by atoms with Crippen LogP contribution >= 0.6 is 0 Å². The smallest absolute Gasteiger partial charge is 0.0710 e. The van der Waals surface area contributed by atoms with Crippen LogP contribution in [0.5, 0.6) is 0 Å². The maximum atomic E-state index is 5.02. The summed E-state index contributed by atoms with van der Waals surface area (Å²) in [7, 11) is 0. The van der Waals surface area contributed by atoms with E-state index in [4.69, 9.17) is 9.97 Å². The molecule has 0 aliphatic heterocycles. The van der Waals surface area contributed by atoms with Crippen molar-refractivity contribution in [3.8, 4) is 45.0 Å². The van der Waals surface area contributed by atoms with Gasteiger partial charge in [-0.25, -0.2) is 9.97 Å². The second-order valence-corrected chi connectivity index (χ2v) is 10.5. The van der Waals surface area contributed by atoms with E-state index in [-0.39, 0.29) is 6.04 Å². The van der Waals surface area contributed by atoms with Crippen molar-refractivity contribution in [3.63, 3.8) is 0 Å². The number of rotatable bonds is 5. The first kappa shape index (κ1) is 24.1. The number of benzene rings is 4. The van der Waals surface area contributed by atoms with Crippen LogP contribution in [0.2, 0.25) is 0 Å². The van der Waals surface area contributed by atoms with Crippen molar-refractivity contribution >= 4 is 21.8 Å². The van der Waals surface area contributed by atoms with E-state index < -0.39 is 0 Å². The lowest BCUT2D eigenvalue weighted by molar-refractivity contribution is 0.642. The summed E-state index contributed by atoms with van der Waals surface area (Å²) >= 11 is 0. The monoisotopic (exact) mass is 515 g/mol. The summed E-state index contributed by atoms with van der Waals surface area (Å²) in [5, 5.41) is 2.51. The quantitative estimate of drug-likeness (QED) is 0.228. The predicted octanol–water partition coefficient (Wildman–Crippen LogP) is 9.83. The molecule has 3 heterocycles. The van der Waals surface area contributed by atoms with Gasteiger partial charge >= 0.3 is 0 Å². The van der Waals surface area contributed by atoms with Gasteiger partial charge in [-0.2, -0.15) is 0 Å². The van der Waals surface area contributed by atoms with Crippen molar-refractivity contribution in [1.82, 2.24) is 14.5 Å². The molecule has 0 bridgehead atoms. The molecule has 0 spiro atoms. The van der Waals surface area contributed by atoms with Crippen LogP contribution in [-0.2, 0) is 0 Å². The molecular weight excluding hydrogens is 486 g/mol. The van der Waals surface area contributed by atoms with Crippen molar-refractivity contribution in [2.24, 2.45) is 0 Å². The average molecular weight is 516 g/mol. The molecule has 0 radical (unpaired) electrons. The molecule has 0 saturated heterocycles. The Hall–Kier alpha value is -5.02. The molecule has 0 saturated carbocycles. The summed E-state index contributed by atoms with van der Waals surface area (Å²) in [4.78, 5) is 10.0. The van der Waals surface area contributed by atoms with Crippen molar-refractivity contribution in [1.29, 1.82) is 0 Å². The Morgan fingerprint density at radius 3 is 1.23 bits per heavy atom. The molecule has 0 atom stereocenters. The zero-order valence-electron chi connectivity index (χ0n) is 22.6. The Kier molecular flexibility index (Phi) is 5.98. The third-order valence-electron chi connectivity index (χ3n) is 7.55. The van der Waals surface area contributed by atoms with Crippen LogP contribution in [0.25, 0.3) is 66.8 Å². The zero-order chi connectivity index (χ0) is 27.1. The molecule has 0 amide bonds. The lowest BCUT2D eigenvalue weighted by Gasteiger charge is -2.13. The van der Waals surface area contributed by atoms with E-state index in [9.17, 15) is 0 Å². The summed E-state index contributed by atoms with van der Waals surface area (Å²) < 4.78 is 2.44. The van der Waals surface area contributed by atoms with Gasteiger partial charge in [0.25, 0.3) is 0 Å². The summed E-state index contributed by atoms with van der Waals surface area (Å²) in [6.45, 7) is 4.50. The highest BCUT2D eigenvalue weighted by molar-refractivity contribution is 6.10. The Balaban J connectivity index is 1.35. The van der Waals surface area contributed by atoms with Gasteiger partial charge in [-0.05, 0) is 50.2 Å². The first-order chi connectivity index (χ1) is 19.7. The van der Waals surface area contributed by atoms with Gasteiger partial charge in [0.1, 0.15) is 0 Å². The fourth-order valence-corrected chi connectivity index (χ4v) is 5.65. The van der Waals surface area contributed by atoms with Crippen molar-refractivity contribution in [2.75, 3.05) is 0 Å². The minimum absolute atomic E-state index is 0.290. The minimum Gasteiger partial charge on any atom is -0.338 e. The molecule has 4 aromatic carbocycles. The molecule has 7 aromatic rings. The number of nitrogens with zero attached hydrogens (tertiary/aromatic N) is 3. The molecule has 0 unspecified atom stereocenters. The van der Waals surface area contributed by atoms with E-state index in [0.717, 1.165) is 45.0 Å². The van der Waals surface area contributed by atoms with Crippen LogP contribution < -0.4 is 0 Å². The Morgan fingerprint density at radius 2 is 0.825 bits per heavy atom. The van der Waals surface area contributed by atoms with Gasteiger partial charge in [0.2, 0.25) is 0 Å². The van der Waals surface area contributed by atoms with Gasteiger partial charge < -0.3 is 4.57 Å². The number of hydrogen-bond donors (Lipinski definition) is 0. The molecule has 3 aromatic heterocycles. The molecule has 192 valence electrons. The van der Waals surface area contributed by atoms with Crippen molar-refractivity contribution in [3.05, 3.63) is 133 Å². The Labute approximate surface area is 234 Å². The van der Waals surface area contributed by atoms with Gasteiger partial charge in [0.15, 0.2) is 0 Å². The molecule has 3 heteroatoms. The lowest BCUT2D eigenvalue weighted by atomic mass is 10.0. The molecule has 0 fully saturated rings. The van der Waals surface area contributed by atoms with Crippen LogP contribution in [0.3, 0.4) is 0 Å². The Bertz CT molecular complexity index is 1830. The van der Waals surface area contributed by atoms with E-state index >= 15 is 0 Å². The second kappa shape index (κ2) is 9.94. The second-order valence-electron chi connectivity index (χ2n) is 10.5. The Morgan fingerprint density at radius 1 is 0.425 bits per heavy atom. The van der Waals surface area contributed by atoms with Gasteiger partial charge in [-0.1, -0.05) is 97.1 Å². The fraction of sp³-hybridized carbons (Fsp3) is 0.0811. The largest absolute Gasteiger partial charge is 0.338 e. The normalized spacial score (nSPS) is 11.5. The molecule has 0 N–H and O–H groups in total. The van der Waals surface area contributed by atoms with E-state index in [1.165, 1.54) is 21.8 Å². The van der Waals surface area contributed by atoms with Crippen LogP contribution in [0.1, 0.15) is 19.9 Å². The van der Waals surface area contributed by atoms with Crippen LogP contribution in [0.15, 0.2) is 133 Å². The van der Waals surface area contributed by atoms with Crippen molar-refractivity contribution in [2.45, 2.75) is 19.9 Å². The number of hydrogen-bond acceptors (Lipinski definition) is 2. The van der Waals surface area contributed by atoms with E-state index in [1.807, 2.05) is 12.1 Å². The number of aromatic nitrogens is 3. The zero-order valence-corrected chi connectivity index (χ0v) is 22.6. The molecule has 3 nitrogen and oxygen atoms in total. The fourth-order valence-electron chi connectivity index (χ4n) is 5.65. The molecule has 0 aliphatic carbocycles. The van der Waals surface area contributed by atoms with Crippen molar-refractivity contribution < 1.29 is 0 Å². The van der Waals surface area contributed by atoms with Crippen LogP contribution in [-0.4, -0.2) is 14.5 Å². The molecular formula is C37H29N3. The first-order valence-corrected chi connectivity index (χ1v) is 13.8. The molecule has 40 heavy (non-hydrogen) atoms. The van der Waals surface area contributed by atoms with Crippen LogP contribution in [0, 0.1) is 0 Å². The molecule has 7 rings (SSSR count). The van der Waals surface area contributed by atoms with Gasteiger partial charge in [0.05, 0.1) is 33.8 Å². The standard InChI is InChI=1S/C37H29N3/c1-25(2)40-36-23-28(34-17-9-15-32(38-34)26-11-5-3-6-12-26)19-21-30(36)31-22-20-29(24-37(31)40)35-18-10-16-33(39-35)27-13-7-4-8-14-27/h3-25H,1-2H3. The maximum Gasteiger partial charge on any atom is 0.0710 e. The lowest BCUT2D eigenvalue weighted by Crippen LogP contribution is -2.00. The molecule has 0 aliphatic rings. The third kappa shape index (κ3) is 4.26. The SMILES string of the molecule is CC(C)n1c2cc(-c3cccc(-c4ccccc4)n3)ccc2c2ccc(-c3cccc(-c4ccccc4)n3)cc21. The summed E-state index contributed by atoms with van der Waals surface area (Å²) in [5.41, 5.74) is 10.8. The van der Waals surface area contributed by atoms with E-state index in [0.29, 0.717) is 0 Å². The van der Waals surface area contributed by atoms with E-state index in [2.05, 4.69) is 140 Å². The summed E-state index contributed by atoms with van der Waals surface area (Å²) in [6, 6.07) is 47.0. The average Bonchev–Trinajstić information content (AvgIpc) is 3.35. The predicted molar refractivity (Wildman–Crippen MR) is 167 cm³/mol. The summed E-state index contributed by atoms with van der Waals surface area (Å²) in [5.74, 6) is 0. The van der Waals surface area contributed by atoms with Gasteiger partial charge in [-0.15, -0.1) is 0 Å². The number of pyridine rings is 2. The van der Waals surface area contributed by atoms with Gasteiger partial charge in [-0.3, -0.25) is 0 Å². The number of fused-ring (bicyclic) bond motifs is 3. The topological polar surface area (TPSA) is 30.7 Å². The highest BCUT2D eigenvalue weighted by atomic mass is 15.0. The minimum atomic E-state index is 0.290. The van der Waals surface area contributed by atoms with Gasteiger partial charge in [0, 0.05) is 39.1 Å². The van der Waals surface area contributed by atoms with E-state index in [1.54, 1.807) is 0 Å². The summed E-state index contributed by atoms with van der Waals surface area (Å²) in [6.07, 6.45) is 0.